The number of ether oxygens (including phenoxy) is 1. The van der Waals surface area contributed by atoms with Gasteiger partial charge in [0.05, 0.1) is 18.7 Å². The number of aromatic nitrogens is 1. The lowest BCUT2D eigenvalue weighted by atomic mass is 10.1. The highest BCUT2D eigenvalue weighted by Crippen LogP contribution is 2.25. The number of carbonyl (C=O) groups excluding carboxylic acids is 1. The fourth-order valence-electron chi connectivity index (χ4n) is 1.35. The molecule has 0 aromatic carbocycles. The van der Waals surface area contributed by atoms with Crippen LogP contribution in [0, 0.1) is 3.57 Å². The Morgan fingerprint density at radius 3 is 2.78 bits per heavy atom. The Hall–Kier alpha value is -0.500. The Balaban J connectivity index is 3.08. The summed E-state index contributed by atoms with van der Waals surface area (Å²) < 4.78 is 30.5. The van der Waals surface area contributed by atoms with Gasteiger partial charge < -0.3 is 4.74 Å². The van der Waals surface area contributed by atoms with Crippen LogP contribution in [0.2, 0.25) is 0 Å². The first-order chi connectivity index (χ1) is 8.49. The van der Waals surface area contributed by atoms with Gasteiger partial charge in [0.15, 0.2) is 0 Å². The van der Waals surface area contributed by atoms with E-state index in [1.165, 1.54) is 6.07 Å². The summed E-state index contributed by atoms with van der Waals surface area (Å²) in [6.45, 7) is 1.91. The topological polar surface area (TPSA) is 39.2 Å². The van der Waals surface area contributed by atoms with Crippen LogP contribution >= 0.6 is 34.2 Å². The van der Waals surface area contributed by atoms with Crippen LogP contribution in [-0.4, -0.2) is 17.6 Å². The Bertz CT molecular complexity index is 443. The molecule has 0 aliphatic heterocycles. The first kappa shape index (κ1) is 15.6. The number of alkyl halides is 3. The fourth-order valence-corrected chi connectivity index (χ4v) is 2.31. The van der Waals surface area contributed by atoms with Crippen molar-refractivity contribution in [1.29, 1.82) is 0 Å². The van der Waals surface area contributed by atoms with Crippen LogP contribution in [0.4, 0.5) is 8.78 Å². The molecule has 0 radical (unpaired) electrons. The zero-order valence-corrected chi connectivity index (χ0v) is 12.5. The third-order valence-electron chi connectivity index (χ3n) is 2.14. The molecular formula is C11H11ClF2INO2. The summed E-state index contributed by atoms with van der Waals surface area (Å²) in [4.78, 5) is 15.2. The maximum atomic E-state index is 12.7. The average Bonchev–Trinajstić information content (AvgIpc) is 2.30. The quantitative estimate of drug-likeness (QED) is 0.440. The van der Waals surface area contributed by atoms with E-state index in [0.29, 0.717) is 9.13 Å². The predicted molar refractivity (Wildman–Crippen MR) is 71.8 cm³/mol. The Kier molecular flexibility index (Phi) is 6.20. The van der Waals surface area contributed by atoms with Crippen LogP contribution < -0.4 is 0 Å². The number of esters is 1. The number of hydrogen-bond donors (Lipinski definition) is 0. The molecule has 1 heterocycles. The first-order valence-electron chi connectivity index (χ1n) is 5.17. The summed E-state index contributed by atoms with van der Waals surface area (Å²) in [6.07, 6.45) is -2.82. The Labute approximate surface area is 122 Å². The summed E-state index contributed by atoms with van der Waals surface area (Å²) in [7, 11) is 0. The highest BCUT2D eigenvalue weighted by molar-refractivity contribution is 14.1. The summed E-state index contributed by atoms with van der Waals surface area (Å²) in [5.74, 6) is -0.390. The van der Waals surface area contributed by atoms with E-state index >= 15 is 0 Å². The number of rotatable bonds is 5. The molecule has 0 amide bonds. The molecule has 0 atom stereocenters. The summed E-state index contributed by atoms with van der Waals surface area (Å²) in [5.41, 5.74) is 0.487. The van der Waals surface area contributed by atoms with Crippen LogP contribution in [0.15, 0.2) is 6.07 Å². The fraction of sp³-hybridized carbons (Fsp3) is 0.455. The van der Waals surface area contributed by atoms with Crippen molar-refractivity contribution in [1.82, 2.24) is 4.98 Å². The normalized spacial score (nSPS) is 10.8. The highest BCUT2D eigenvalue weighted by atomic mass is 127. The number of pyridine rings is 1. The van der Waals surface area contributed by atoms with Crippen molar-refractivity contribution in [2.75, 3.05) is 6.61 Å². The second-order valence-electron chi connectivity index (χ2n) is 3.38. The molecule has 0 saturated heterocycles. The van der Waals surface area contributed by atoms with Crippen molar-refractivity contribution < 1.29 is 18.3 Å². The molecule has 0 aliphatic rings. The largest absolute Gasteiger partial charge is 0.466 e. The van der Waals surface area contributed by atoms with Gasteiger partial charge in [-0.3, -0.25) is 4.79 Å². The SMILES string of the molecule is CCOC(=O)Cc1nc(C(F)F)c(I)cc1CCl. The standard InChI is InChI=1S/C11H11ClF2INO2/c1-2-18-9(17)4-8-6(5-12)3-7(15)10(16-8)11(13)14/h3,11H,2,4-5H2,1H3. The van der Waals surface area contributed by atoms with E-state index in [9.17, 15) is 13.6 Å². The van der Waals surface area contributed by atoms with Gasteiger partial charge in [0, 0.05) is 9.45 Å². The lowest BCUT2D eigenvalue weighted by molar-refractivity contribution is -0.142. The molecular weight excluding hydrogens is 378 g/mol. The van der Waals surface area contributed by atoms with E-state index in [2.05, 4.69) is 4.98 Å². The molecule has 3 nitrogen and oxygen atoms in total. The van der Waals surface area contributed by atoms with E-state index in [1.807, 2.05) is 0 Å². The molecule has 0 bridgehead atoms. The first-order valence-corrected chi connectivity index (χ1v) is 6.78. The molecule has 1 rings (SSSR count). The highest BCUT2D eigenvalue weighted by Gasteiger charge is 2.18. The second-order valence-corrected chi connectivity index (χ2v) is 4.81. The molecule has 0 unspecified atom stereocenters. The molecule has 7 heteroatoms. The van der Waals surface area contributed by atoms with Gasteiger partial charge in [-0.05, 0) is 41.1 Å². The summed E-state index contributed by atoms with van der Waals surface area (Å²) >= 11 is 7.49. The molecule has 0 spiro atoms. The molecule has 0 aliphatic carbocycles. The molecule has 1 aromatic rings. The van der Waals surface area contributed by atoms with Crippen molar-refractivity contribution in [2.24, 2.45) is 0 Å². The minimum atomic E-state index is -2.68. The van der Waals surface area contributed by atoms with Crippen molar-refractivity contribution in [3.05, 3.63) is 26.6 Å². The molecule has 0 saturated carbocycles. The number of carbonyl (C=O) groups is 1. The third-order valence-corrected chi connectivity index (χ3v) is 3.29. The lowest BCUT2D eigenvalue weighted by Gasteiger charge is -2.10. The average molecular weight is 390 g/mol. The van der Waals surface area contributed by atoms with Crippen LogP contribution in [0.5, 0.6) is 0 Å². The maximum Gasteiger partial charge on any atom is 0.311 e. The second kappa shape index (κ2) is 7.18. The predicted octanol–water partition coefficient (Wildman–Crippen LogP) is 3.47. The third kappa shape index (κ3) is 4.01. The molecule has 100 valence electrons. The van der Waals surface area contributed by atoms with Crippen molar-refractivity contribution in [2.45, 2.75) is 25.7 Å². The lowest BCUT2D eigenvalue weighted by Crippen LogP contribution is -2.12. The van der Waals surface area contributed by atoms with Gasteiger partial charge in [0.25, 0.3) is 6.43 Å². The van der Waals surface area contributed by atoms with E-state index in [4.69, 9.17) is 16.3 Å². The number of hydrogen-bond acceptors (Lipinski definition) is 3. The monoisotopic (exact) mass is 389 g/mol. The van der Waals surface area contributed by atoms with E-state index in [0.717, 1.165) is 0 Å². The van der Waals surface area contributed by atoms with E-state index < -0.39 is 12.4 Å². The van der Waals surface area contributed by atoms with Gasteiger partial charge in [-0.1, -0.05) is 0 Å². The summed E-state index contributed by atoms with van der Waals surface area (Å²) in [6, 6.07) is 1.52. The Morgan fingerprint density at radius 1 is 1.61 bits per heavy atom. The van der Waals surface area contributed by atoms with Crippen molar-refractivity contribution in [3.8, 4) is 0 Å². The zero-order valence-electron chi connectivity index (χ0n) is 9.55. The molecule has 18 heavy (non-hydrogen) atoms. The van der Waals surface area contributed by atoms with Gasteiger partial charge in [0.2, 0.25) is 0 Å². The van der Waals surface area contributed by atoms with Gasteiger partial charge in [-0.15, -0.1) is 11.6 Å². The minimum absolute atomic E-state index is 0.112. The zero-order chi connectivity index (χ0) is 13.7. The van der Waals surface area contributed by atoms with Gasteiger partial charge >= 0.3 is 5.97 Å². The van der Waals surface area contributed by atoms with Crippen LogP contribution in [-0.2, 0) is 21.8 Å². The van der Waals surface area contributed by atoms with Crippen LogP contribution in [0.1, 0.15) is 30.3 Å². The van der Waals surface area contributed by atoms with E-state index in [-0.39, 0.29) is 30.3 Å². The minimum Gasteiger partial charge on any atom is -0.466 e. The molecule has 0 N–H and O–H groups in total. The van der Waals surface area contributed by atoms with Crippen molar-refractivity contribution in [3.63, 3.8) is 0 Å². The van der Waals surface area contributed by atoms with E-state index in [1.54, 1.807) is 29.5 Å². The maximum absolute atomic E-state index is 12.7. The number of nitrogens with zero attached hydrogens (tertiary/aromatic N) is 1. The molecule has 0 fully saturated rings. The summed E-state index contributed by atoms with van der Waals surface area (Å²) in [5, 5.41) is 0. The number of halogens is 4. The van der Waals surface area contributed by atoms with Crippen LogP contribution in [0.25, 0.3) is 0 Å². The van der Waals surface area contributed by atoms with Gasteiger partial charge in [-0.2, -0.15) is 0 Å². The Morgan fingerprint density at radius 2 is 2.28 bits per heavy atom. The van der Waals surface area contributed by atoms with Gasteiger partial charge in [-0.25, -0.2) is 13.8 Å². The smallest absolute Gasteiger partial charge is 0.311 e. The molecule has 1 aromatic heterocycles. The van der Waals surface area contributed by atoms with Crippen LogP contribution in [0.3, 0.4) is 0 Å². The van der Waals surface area contributed by atoms with Crippen molar-refractivity contribution >= 4 is 40.2 Å². The van der Waals surface area contributed by atoms with Gasteiger partial charge in [0.1, 0.15) is 5.69 Å².